The van der Waals surface area contributed by atoms with Gasteiger partial charge < -0.3 is 10.1 Å². The molecule has 1 aromatic rings. The normalized spacial score (nSPS) is 10.7. The average molecular weight is 313 g/mol. The highest BCUT2D eigenvalue weighted by Crippen LogP contribution is 2.19. The number of esters is 1. The van der Waals surface area contributed by atoms with E-state index in [0.29, 0.717) is 4.47 Å². The van der Waals surface area contributed by atoms with Crippen LogP contribution in [0.4, 0.5) is 10.1 Å². The molecule has 1 rings (SSSR count). The van der Waals surface area contributed by atoms with Gasteiger partial charge in [0.1, 0.15) is 11.9 Å². The molecule has 0 bridgehead atoms. The number of benzene rings is 1. The summed E-state index contributed by atoms with van der Waals surface area (Å²) in [5, 5.41) is 11.3. The maximum absolute atomic E-state index is 13.4. The summed E-state index contributed by atoms with van der Waals surface area (Å²) in [6.45, 7) is 1.80. The third kappa shape index (κ3) is 3.86. The molecule has 0 unspecified atom stereocenters. The van der Waals surface area contributed by atoms with Crippen molar-refractivity contribution in [3.8, 4) is 6.07 Å². The van der Waals surface area contributed by atoms with Gasteiger partial charge in [0.05, 0.1) is 12.3 Å². The zero-order valence-electron chi connectivity index (χ0n) is 9.54. The molecule has 1 N–H and O–H groups in total. The van der Waals surface area contributed by atoms with Crippen molar-refractivity contribution >= 4 is 27.6 Å². The second kappa shape index (κ2) is 6.77. The quantitative estimate of drug-likeness (QED) is 0.527. The average Bonchev–Trinajstić information content (AvgIpc) is 2.32. The molecule has 0 amide bonds. The zero-order chi connectivity index (χ0) is 13.5. The van der Waals surface area contributed by atoms with Crippen LogP contribution in [0.5, 0.6) is 0 Å². The number of ether oxygens (including phenoxy) is 1. The minimum Gasteiger partial charge on any atom is -0.462 e. The number of carbonyl (C=O) groups is 1. The third-order valence-corrected chi connectivity index (χ3v) is 2.41. The van der Waals surface area contributed by atoms with Crippen molar-refractivity contribution in [3.05, 3.63) is 40.3 Å². The van der Waals surface area contributed by atoms with E-state index in [1.165, 1.54) is 12.1 Å². The summed E-state index contributed by atoms with van der Waals surface area (Å²) in [6.07, 6.45) is 1.12. The van der Waals surface area contributed by atoms with Gasteiger partial charge in [-0.3, -0.25) is 0 Å². The first-order valence-corrected chi connectivity index (χ1v) is 5.86. The van der Waals surface area contributed by atoms with E-state index in [1.807, 2.05) is 0 Å². The Morgan fingerprint density at radius 3 is 2.94 bits per heavy atom. The molecule has 0 aliphatic carbocycles. The Hall–Kier alpha value is -1.87. The van der Waals surface area contributed by atoms with Gasteiger partial charge in [0.15, 0.2) is 5.57 Å². The van der Waals surface area contributed by atoms with Crippen molar-refractivity contribution < 1.29 is 13.9 Å². The number of halogens is 2. The molecular weight excluding hydrogens is 303 g/mol. The number of rotatable bonds is 4. The van der Waals surface area contributed by atoms with Gasteiger partial charge in [-0.05, 0) is 25.1 Å². The number of nitriles is 1. The molecule has 0 aliphatic rings. The van der Waals surface area contributed by atoms with E-state index in [9.17, 15) is 9.18 Å². The van der Waals surface area contributed by atoms with Gasteiger partial charge in [0, 0.05) is 10.7 Å². The lowest BCUT2D eigenvalue weighted by molar-refractivity contribution is -0.138. The standard InChI is InChI=1S/C12H10BrFN2O2/c1-2-18-12(17)8(6-15)7-16-11-4-3-9(13)5-10(11)14/h3-5,7,16H,2H2,1H3/b8-7+. The Morgan fingerprint density at radius 2 is 2.39 bits per heavy atom. The van der Waals surface area contributed by atoms with Crippen LogP contribution in [0.3, 0.4) is 0 Å². The maximum atomic E-state index is 13.4. The van der Waals surface area contributed by atoms with Crippen molar-refractivity contribution in [3.63, 3.8) is 0 Å². The van der Waals surface area contributed by atoms with Gasteiger partial charge in [-0.1, -0.05) is 15.9 Å². The predicted octanol–water partition coefficient (Wildman–Crippen LogP) is 2.97. The van der Waals surface area contributed by atoms with E-state index < -0.39 is 11.8 Å². The molecule has 0 aliphatic heterocycles. The monoisotopic (exact) mass is 312 g/mol. The van der Waals surface area contributed by atoms with Gasteiger partial charge in [-0.15, -0.1) is 0 Å². The lowest BCUT2D eigenvalue weighted by Crippen LogP contribution is -2.08. The molecule has 18 heavy (non-hydrogen) atoms. The van der Waals surface area contributed by atoms with Crippen LogP contribution in [0.1, 0.15) is 6.92 Å². The summed E-state index contributed by atoms with van der Waals surface area (Å²) >= 11 is 3.12. The minimum atomic E-state index is -0.745. The van der Waals surface area contributed by atoms with E-state index >= 15 is 0 Å². The van der Waals surface area contributed by atoms with Gasteiger partial charge >= 0.3 is 5.97 Å². The van der Waals surface area contributed by atoms with Crippen molar-refractivity contribution in [1.29, 1.82) is 5.26 Å². The first-order chi connectivity index (χ1) is 8.58. The van der Waals surface area contributed by atoms with Crippen LogP contribution >= 0.6 is 15.9 Å². The number of hydrogen-bond acceptors (Lipinski definition) is 4. The Kier molecular flexibility index (Phi) is 5.33. The molecule has 0 radical (unpaired) electrons. The molecule has 4 nitrogen and oxygen atoms in total. The van der Waals surface area contributed by atoms with Crippen molar-refractivity contribution in [2.45, 2.75) is 6.92 Å². The number of anilines is 1. The van der Waals surface area contributed by atoms with Crippen LogP contribution in [0.2, 0.25) is 0 Å². The summed E-state index contributed by atoms with van der Waals surface area (Å²) in [5.74, 6) is -1.24. The Labute approximate surface area is 112 Å². The SMILES string of the molecule is CCOC(=O)/C(C#N)=C/Nc1ccc(Br)cc1F. The van der Waals surface area contributed by atoms with Crippen LogP contribution in [0, 0.1) is 17.1 Å². The lowest BCUT2D eigenvalue weighted by Gasteiger charge is -2.04. The number of hydrogen-bond donors (Lipinski definition) is 1. The van der Waals surface area contributed by atoms with E-state index in [-0.39, 0.29) is 17.9 Å². The topological polar surface area (TPSA) is 62.1 Å². The summed E-state index contributed by atoms with van der Waals surface area (Å²) in [5.41, 5.74) is -0.0607. The fourth-order valence-corrected chi connectivity index (χ4v) is 1.44. The molecule has 6 heteroatoms. The second-order valence-corrected chi connectivity index (χ2v) is 4.07. The Balaban J connectivity index is 2.84. The van der Waals surface area contributed by atoms with Crippen LogP contribution < -0.4 is 5.32 Å². The number of carbonyl (C=O) groups excluding carboxylic acids is 1. The largest absolute Gasteiger partial charge is 0.462 e. The molecule has 1 aromatic carbocycles. The van der Waals surface area contributed by atoms with Crippen LogP contribution in [-0.2, 0) is 9.53 Å². The van der Waals surface area contributed by atoms with E-state index in [1.54, 1.807) is 19.1 Å². The van der Waals surface area contributed by atoms with Gasteiger partial charge in [-0.2, -0.15) is 5.26 Å². The van der Waals surface area contributed by atoms with E-state index in [2.05, 4.69) is 26.0 Å². The van der Waals surface area contributed by atoms with Gasteiger partial charge in [-0.25, -0.2) is 9.18 Å². The number of nitrogens with one attached hydrogen (secondary N) is 1. The summed E-state index contributed by atoms with van der Waals surface area (Å²) in [6, 6.07) is 6.07. The summed E-state index contributed by atoms with van der Waals surface area (Å²) < 4.78 is 18.7. The van der Waals surface area contributed by atoms with Crippen LogP contribution in [0.15, 0.2) is 34.4 Å². The molecular formula is C12H10BrFN2O2. The highest BCUT2D eigenvalue weighted by Gasteiger charge is 2.09. The molecule has 0 aromatic heterocycles. The molecule has 0 atom stereocenters. The van der Waals surface area contributed by atoms with Crippen LogP contribution in [0.25, 0.3) is 0 Å². The van der Waals surface area contributed by atoms with Crippen molar-refractivity contribution in [1.82, 2.24) is 0 Å². The highest BCUT2D eigenvalue weighted by molar-refractivity contribution is 9.10. The smallest absolute Gasteiger partial charge is 0.350 e. The van der Waals surface area contributed by atoms with Gasteiger partial charge in [0.25, 0.3) is 0 Å². The molecule has 0 saturated heterocycles. The fourth-order valence-electron chi connectivity index (χ4n) is 1.10. The zero-order valence-corrected chi connectivity index (χ0v) is 11.1. The molecule has 0 fully saturated rings. The number of nitrogens with zero attached hydrogens (tertiary/aromatic N) is 1. The first-order valence-electron chi connectivity index (χ1n) is 5.07. The maximum Gasteiger partial charge on any atom is 0.350 e. The summed E-state index contributed by atoms with van der Waals surface area (Å²) in [7, 11) is 0. The molecule has 0 spiro atoms. The van der Waals surface area contributed by atoms with Crippen molar-refractivity contribution in [2.75, 3.05) is 11.9 Å². The van der Waals surface area contributed by atoms with E-state index in [4.69, 9.17) is 5.26 Å². The van der Waals surface area contributed by atoms with E-state index in [0.717, 1.165) is 6.20 Å². The Morgan fingerprint density at radius 1 is 1.67 bits per heavy atom. The molecule has 0 heterocycles. The van der Waals surface area contributed by atoms with Gasteiger partial charge in [0.2, 0.25) is 0 Å². The predicted molar refractivity (Wildman–Crippen MR) is 68.1 cm³/mol. The highest BCUT2D eigenvalue weighted by atomic mass is 79.9. The van der Waals surface area contributed by atoms with Crippen LogP contribution in [-0.4, -0.2) is 12.6 Å². The van der Waals surface area contributed by atoms with Crippen molar-refractivity contribution in [2.24, 2.45) is 0 Å². The first kappa shape index (κ1) is 14.2. The minimum absolute atomic E-state index is 0.162. The summed E-state index contributed by atoms with van der Waals surface area (Å²) in [4.78, 5) is 11.3. The second-order valence-electron chi connectivity index (χ2n) is 3.16. The Bertz CT molecular complexity index is 523. The lowest BCUT2D eigenvalue weighted by atomic mass is 10.3. The fraction of sp³-hybridized carbons (Fsp3) is 0.167. The molecule has 94 valence electrons. The third-order valence-electron chi connectivity index (χ3n) is 1.92. The molecule has 0 saturated carbocycles.